The van der Waals surface area contributed by atoms with Crippen LogP contribution in [0.25, 0.3) is 11.1 Å². The lowest BCUT2D eigenvalue weighted by Crippen LogP contribution is -2.45. The Hall–Kier alpha value is -2.44. The summed E-state index contributed by atoms with van der Waals surface area (Å²) in [5, 5.41) is 13.9. The minimum Gasteiger partial charge on any atom is -0.481 e. The highest BCUT2D eigenvalue weighted by atomic mass is 16.5. The number of carbonyl (C=O) groups is 2. The van der Waals surface area contributed by atoms with E-state index in [9.17, 15) is 14.7 Å². The Labute approximate surface area is 146 Å². The highest BCUT2D eigenvalue weighted by Gasteiger charge is 2.33. The van der Waals surface area contributed by atoms with Crippen LogP contribution in [-0.2, 0) is 4.79 Å². The molecule has 1 N–H and O–H groups in total. The van der Waals surface area contributed by atoms with Crippen molar-refractivity contribution in [2.75, 3.05) is 13.1 Å². The van der Waals surface area contributed by atoms with Crippen LogP contribution < -0.4 is 0 Å². The summed E-state index contributed by atoms with van der Waals surface area (Å²) in [6, 6.07) is 1.79. The Morgan fingerprint density at radius 1 is 1.36 bits per heavy atom. The van der Waals surface area contributed by atoms with Crippen molar-refractivity contribution in [1.29, 1.82) is 0 Å². The molecule has 2 aromatic rings. The lowest BCUT2D eigenvalue weighted by atomic mass is 9.90. The Morgan fingerprint density at radius 2 is 2.08 bits per heavy atom. The van der Waals surface area contributed by atoms with Crippen molar-refractivity contribution in [2.45, 2.75) is 40.0 Å². The second-order valence-electron chi connectivity index (χ2n) is 7.28. The minimum absolute atomic E-state index is 0.133. The largest absolute Gasteiger partial charge is 0.481 e. The zero-order valence-electron chi connectivity index (χ0n) is 14.9. The quantitative estimate of drug-likeness (QED) is 0.919. The summed E-state index contributed by atoms with van der Waals surface area (Å²) in [7, 11) is 0. The van der Waals surface area contributed by atoms with Crippen molar-refractivity contribution in [3.63, 3.8) is 0 Å². The second kappa shape index (κ2) is 6.46. The molecule has 2 atom stereocenters. The smallest absolute Gasteiger partial charge is 0.308 e. The van der Waals surface area contributed by atoms with Gasteiger partial charge in [-0.2, -0.15) is 0 Å². The number of hydrogen-bond acceptors (Lipinski definition) is 5. The van der Waals surface area contributed by atoms with Gasteiger partial charge >= 0.3 is 5.97 Å². The highest BCUT2D eigenvalue weighted by molar-refractivity contribution is 6.06. The molecule has 1 amide bonds. The van der Waals surface area contributed by atoms with E-state index < -0.39 is 11.9 Å². The predicted molar refractivity (Wildman–Crippen MR) is 91.4 cm³/mol. The number of aromatic nitrogens is 2. The summed E-state index contributed by atoms with van der Waals surface area (Å²) >= 11 is 0. The van der Waals surface area contributed by atoms with Gasteiger partial charge in [0.15, 0.2) is 0 Å². The third-order valence-corrected chi connectivity index (χ3v) is 4.76. The van der Waals surface area contributed by atoms with E-state index in [1.54, 1.807) is 17.9 Å². The molecule has 25 heavy (non-hydrogen) atoms. The average molecular weight is 345 g/mol. The van der Waals surface area contributed by atoms with Crippen LogP contribution in [-0.4, -0.2) is 45.1 Å². The van der Waals surface area contributed by atoms with Gasteiger partial charge in [-0.15, -0.1) is 0 Å². The molecular formula is C18H23N3O4. The second-order valence-corrected chi connectivity index (χ2v) is 7.28. The van der Waals surface area contributed by atoms with E-state index in [1.807, 2.05) is 20.8 Å². The highest BCUT2D eigenvalue weighted by Crippen LogP contribution is 2.29. The summed E-state index contributed by atoms with van der Waals surface area (Å²) in [6.07, 6.45) is 0.592. The van der Waals surface area contributed by atoms with Crippen molar-refractivity contribution in [2.24, 2.45) is 11.8 Å². The van der Waals surface area contributed by atoms with Crippen molar-refractivity contribution in [1.82, 2.24) is 15.0 Å². The molecule has 7 heteroatoms. The summed E-state index contributed by atoms with van der Waals surface area (Å²) < 4.78 is 5.27. The van der Waals surface area contributed by atoms with Crippen LogP contribution in [0.2, 0.25) is 0 Å². The Balaban J connectivity index is 2.04. The number of carbonyl (C=O) groups excluding carboxylic acids is 1. The number of nitrogens with zero attached hydrogens (tertiary/aromatic N) is 3. The molecule has 3 heterocycles. The molecule has 2 unspecified atom stereocenters. The van der Waals surface area contributed by atoms with Gasteiger partial charge in [-0.3, -0.25) is 9.59 Å². The van der Waals surface area contributed by atoms with Gasteiger partial charge in [-0.25, -0.2) is 4.98 Å². The lowest BCUT2D eigenvalue weighted by Gasteiger charge is -2.34. The van der Waals surface area contributed by atoms with E-state index in [1.165, 1.54) is 0 Å². The number of amides is 1. The third kappa shape index (κ3) is 3.23. The van der Waals surface area contributed by atoms with Gasteiger partial charge in [0.1, 0.15) is 0 Å². The molecule has 0 saturated carbocycles. The number of aliphatic carboxylic acids is 1. The molecule has 1 saturated heterocycles. The number of hydrogen-bond donors (Lipinski definition) is 1. The Bertz CT molecular complexity index is 827. The van der Waals surface area contributed by atoms with Gasteiger partial charge in [0.25, 0.3) is 11.6 Å². The van der Waals surface area contributed by atoms with Gasteiger partial charge < -0.3 is 14.5 Å². The number of rotatable bonds is 3. The maximum absolute atomic E-state index is 13.2. The van der Waals surface area contributed by atoms with E-state index in [4.69, 9.17) is 4.52 Å². The Kier molecular flexibility index (Phi) is 4.49. The first kappa shape index (κ1) is 17.4. The molecule has 1 fully saturated rings. The fraction of sp³-hybridized carbons (Fsp3) is 0.556. The Morgan fingerprint density at radius 3 is 2.72 bits per heavy atom. The molecule has 3 rings (SSSR count). The van der Waals surface area contributed by atoms with Crippen LogP contribution in [0.4, 0.5) is 0 Å². The van der Waals surface area contributed by atoms with Crippen molar-refractivity contribution < 1.29 is 19.2 Å². The number of fused-ring (bicyclic) bond motifs is 1. The summed E-state index contributed by atoms with van der Waals surface area (Å²) in [5.41, 5.74) is 2.21. The van der Waals surface area contributed by atoms with Crippen molar-refractivity contribution in [3.05, 3.63) is 23.0 Å². The normalized spacial score (nSPS) is 21.1. The monoisotopic (exact) mass is 345 g/mol. The molecule has 7 nitrogen and oxygen atoms in total. The molecule has 0 radical (unpaired) electrons. The number of piperidine rings is 1. The zero-order chi connectivity index (χ0) is 18.3. The number of pyridine rings is 1. The summed E-state index contributed by atoms with van der Waals surface area (Å²) in [6.45, 7) is 8.52. The van der Waals surface area contributed by atoms with Crippen LogP contribution in [0, 0.1) is 18.8 Å². The molecule has 0 aliphatic carbocycles. The first-order valence-electron chi connectivity index (χ1n) is 8.57. The SMILES string of the molecule is Cc1noc2nc(C(C)C)cc(C(=O)N3CC(C)CC(C(=O)O)C3)c12. The standard InChI is InChI=1S/C18H23N3O4/c1-9(2)14-6-13(15-11(4)20-25-16(15)19-14)17(22)21-7-10(3)5-12(8-21)18(23)24/h6,9-10,12H,5,7-8H2,1-4H3,(H,23,24). The van der Waals surface area contributed by atoms with Crippen LogP contribution >= 0.6 is 0 Å². The van der Waals surface area contributed by atoms with Gasteiger partial charge in [-0.1, -0.05) is 25.9 Å². The molecule has 134 valence electrons. The number of aryl methyl sites for hydroxylation is 1. The van der Waals surface area contributed by atoms with E-state index in [-0.39, 0.29) is 24.3 Å². The topological polar surface area (TPSA) is 96.5 Å². The summed E-state index contributed by atoms with van der Waals surface area (Å²) in [5.74, 6) is -1.29. The van der Waals surface area contributed by atoms with Crippen LogP contribution in [0.3, 0.4) is 0 Å². The van der Waals surface area contributed by atoms with Gasteiger partial charge in [-0.05, 0) is 31.2 Å². The van der Waals surface area contributed by atoms with E-state index in [0.29, 0.717) is 35.3 Å². The number of carboxylic acid groups (broad SMARTS) is 1. The summed E-state index contributed by atoms with van der Waals surface area (Å²) in [4.78, 5) is 30.7. The number of likely N-dealkylation sites (tertiary alicyclic amines) is 1. The van der Waals surface area contributed by atoms with Crippen LogP contribution in [0.5, 0.6) is 0 Å². The lowest BCUT2D eigenvalue weighted by molar-refractivity contribution is -0.143. The fourth-order valence-corrected chi connectivity index (χ4v) is 3.44. The number of carboxylic acids is 1. The molecule has 2 aromatic heterocycles. The fourth-order valence-electron chi connectivity index (χ4n) is 3.44. The maximum Gasteiger partial charge on any atom is 0.308 e. The van der Waals surface area contributed by atoms with E-state index in [2.05, 4.69) is 10.1 Å². The van der Waals surface area contributed by atoms with Crippen molar-refractivity contribution >= 4 is 23.0 Å². The molecule has 0 bridgehead atoms. The van der Waals surface area contributed by atoms with Crippen molar-refractivity contribution in [3.8, 4) is 0 Å². The molecule has 0 spiro atoms. The first-order chi connectivity index (χ1) is 11.8. The van der Waals surface area contributed by atoms with Crippen LogP contribution in [0.1, 0.15) is 54.9 Å². The van der Waals surface area contributed by atoms with Crippen LogP contribution in [0.15, 0.2) is 10.6 Å². The average Bonchev–Trinajstić information content (AvgIpc) is 2.94. The molecule has 0 aromatic carbocycles. The predicted octanol–water partition coefficient (Wildman–Crippen LogP) is 2.84. The van der Waals surface area contributed by atoms with E-state index in [0.717, 1.165) is 5.69 Å². The molecule has 1 aliphatic heterocycles. The van der Waals surface area contributed by atoms with E-state index >= 15 is 0 Å². The third-order valence-electron chi connectivity index (χ3n) is 4.76. The zero-order valence-corrected chi connectivity index (χ0v) is 14.9. The molecular weight excluding hydrogens is 322 g/mol. The van der Waals surface area contributed by atoms with Gasteiger partial charge in [0.05, 0.1) is 22.6 Å². The van der Waals surface area contributed by atoms with Gasteiger partial charge in [0, 0.05) is 18.8 Å². The maximum atomic E-state index is 13.2. The molecule has 1 aliphatic rings. The first-order valence-corrected chi connectivity index (χ1v) is 8.57. The van der Waals surface area contributed by atoms with Gasteiger partial charge in [0.2, 0.25) is 0 Å². The minimum atomic E-state index is -0.853.